The van der Waals surface area contributed by atoms with Gasteiger partial charge in [0.25, 0.3) is 5.91 Å². The standard InChI is InChI=1S/C19H19N9O/c1-11-7-16(28(25-11)6-4-5-20)14-10-26(2)19(24-14)17-12-9-22-27(3)15(12)8-13(23-17)18(21)29/h7-10H,4,6H2,1-3H3,(H2,21,29). The van der Waals surface area contributed by atoms with E-state index in [0.29, 0.717) is 30.2 Å². The minimum absolute atomic E-state index is 0.149. The molecule has 0 aromatic carbocycles. The van der Waals surface area contributed by atoms with Gasteiger partial charge in [0, 0.05) is 25.7 Å². The maximum absolute atomic E-state index is 11.8. The molecule has 2 N–H and O–H groups in total. The number of nitrogens with two attached hydrogens (primary N) is 1. The summed E-state index contributed by atoms with van der Waals surface area (Å²) in [7, 11) is 3.65. The number of carbonyl (C=O) groups is 1. The molecule has 4 rings (SSSR count). The van der Waals surface area contributed by atoms with Crippen LogP contribution in [0.25, 0.3) is 33.8 Å². The van der Waals surface area contributed by atoms with Crippen LogP contribution in [0.4, 0.5) is 0 Å². The number of aromatic nitrogens is 7. The number of carbonyl (C=O) groups excluding carboxylic acids is 1. The maximum atomic E-state index is 11.8. The van der Waals surface area contributed by atoms with Crippen LogP contribution in [-0.2, 0) is 20.6 Å². The Morgan fingerprint density at radius 2 is 2.07 bits per heavy atom. The fourth-order valence-corrected chi connectivity index (χ4v) is 3.33. The zero-order chi connectivity index (χ0) is 20.7. The number of pyridine rings is 1. The maximum Gasteiger partial charge on any atom is 0.267 e. The van der Waals surface area contributed by atoms with Gasteiger partial charge in [-0.1, -0.05) is 0 Å². The Labute approximate surface area is 166 Å². The van der Waals surface area contributed by atoms with Gasteiger partial charge in [0.05, 0.1) is 42.1 Å². The molecule has 0 atom stereocenters. The molecule has 0 fully saturated rings. The smallest absolute Gasteiger partial charge is 0.267 e. The van der Waals surface area contributed by atoms with Gasteiger partial charge in [-0.2, -0.15) is 15.5 Å². The first-order valence-corrected chi connectivity index (χ1v) is 8.97. The largest absolute Gasteiger partial charge is 0.364 e. The Bertz CT molecular complexity index is 1290. The molecule has 29 heavy (non-hydrogen) atoms. The Morgan fingerprint density at radius 1 is 1.28 bits per heavy atom. The fourth-order valence-electron chi connectivity index (χ4n) is 3.33. The summed E-state index contributed by atoms with van der Waals surface area (Å²) in [5.74, 6) is -0.0410. The van der Waals surface area contributed by atoms with Gasteiger partial charge in [-0.25, -0.2) is 9.97 Å². The zero-order valence-electron chi connectivity index (χ0n) is 16.3. The number of nitriles is 1. The average molecular weight is 389 g/mol. The van der Waals surface area contributed by atoms with Crippen LogP contribution in [0.5, 0.6) is 0 Å². The molecule has 0 saturated carbocycles. The van der Waals surface area contributed by atoms with E-state index >= 15 is 0 Å². The number of hydrogen-bond acceptors (Lipinski definition) is 6. The first kappa shape index (κ1) is 18.4. The molecular weight excluding hydrogens is 370 g/mol. The van der Waals surface area contributed by atoms with E-state index in [1.807, 2.05) is 30.8 Å². The number of nitrogens with zero attached hydrogens (tertiary/aromatic N) is 8. The molecule has 0 aliphatic rings. The van der Waals surface area contributed by atoms with E-state index in [1.165, 1.54) is 0 Å². The molecule has 0 bridgehead atoms. The van der Waals surface area contributed by atoms with Crippen molar-refractivity contribution in [2.24, 2.45) is 19.8 Å². The molecule has 1 amide bonds. The van der Waals surface area contributed by atoms with Crippen LogP contribution in [0.1, 0.15) is 22.6 Å². The van der Waals surface area contributed by atoms with E-state index in [0.717, 1.165) is 22.3 Å². The molecule has 0 saturated heterocycles. The molecule has 0 radical (unpaired) electrons. The second-order valence-electron chi connectivity index (χ2n) is 6.78. The van der Waals surface area contributed by atoms with Crippen LogP contribution >= 0.6 is 0 Å². The Kier molecular flexibility index (Phi) is 4.35. The molecule has 0 unspecified atom stereocenters. The van der Waals surface area contributed by atoms with Gasteiger partial charge < -0.3 is 10.3 Å². The lowest BCUT2D eigenvalue weighted by Crippen LogP contribution is -2.14. The second-order valence-corrected chi connectivity index (χ2v) is 6.78. The first-order valence-electron chi connectivity index (χ1n) is 8.97. The lowest BCUT2D eigenvalue weighted by molar-refractivity contribution is 0.0996. The van der Waals surface area contributed by atoms with Crippen molar-refractivity contribution in [2.75, 3.05) is 0 Å². The van der Waals surface area contributed by atoms with E-state index in [9.17, 15) is 4.79 Å². The minimum Gasteiger partial charge on any atom is -0.364 e. The lowest BCUT2D eigenvalue weighted by Gasteiger charge is -2.05. The van der Waals surface area contributed by atoms with Crippen LogP contribution in [-0.4, -0.2) is 40.0 Å². The van der Waals surface area contributed by atoms with E-state index in [-0.39, 0.29) is 5.69 Å². The van der Waals surface area contributed by atoms with Crippen LogP contribution in [0.15, 0.2) is 24.5 Å². The summed E-state index contributed by atoms with van der Waals surface area (Å²) in [5.41, 5.74) is 9.24. The monoisotopic (exact) mass is 389 g/mol. The normalized spacial score (nSPS) is 11.1. The summed E-state index contributed by atoms with van der Waals surface area (Å²) in [5, 5.41) is 18.4. The van der Waals surface area contributed by atoms with Gasteiger partial charge in [0.15, 0.2) is 5.82 Å². The molecule has 0 aliphatic carbocycles. The van der Waals surface area contributed by atoms with Crippen molar-refractivity contribution in [3.8, 4) is 29.0 Å². The molecule has 4 aromatic heterocycles. The summed E-state index contributed by atoms with van der Waals surface area (Å²) < 4.78 is 5.28. The second kappa shape index (κ2) is 6.87. The van der Waals surface area contributed by atoms with Crippen molar-refractivity contribution < 1.29 is 4.79 Å². The van der Waals surface area contributed by atoms with Crippen molar-refractivity contribution in [2.45, 2.75) is 19.9 Å². The predicted octanol–water partition coefficient (Wildman–Crippen LogP) is 1.55. The summed E-state index contributed by atoms with van der Waals surface area (Å²) in [6.45, 7) is 2.38. The van der Waals surface area contributed by atoms with Crippen LogP contribution < -0.4 is 5.73 Å². The zero-order valence-corrected chi connectivity index (χ0v) is 16.3. The van der Waals surface area contributed by atoms with Crippen molar-refractivity contribution in [3.05, 3.63) is 35.9 Å². The highest BCUT2D eigenvalue weighted by Crippen LogP contribution is 2.29. The third-order valence-electron chi connectivity index (χ3n) is 4.69. The number of amides is 1. The summed E-state index contributed by atoms with van der Waals surface area (Å²) in [6, 6.07) is 5.69. The van der Waals surface area contributed by atoms with Crippen LogP contribution in [0.3, 0.4) is 0 Å². The van der Waals surface area contributed by atoms with E-state index in [2.05, 4.69) is 21.3 Å². The predicted molar refractivity (Wildman–Crippen MR) is 105 cm³/mol. The highest BCUT2D eigenvalue weighted by Gasteiger charge is 2.20. The van der Waals surface area contributed by atoms with Gasteiger partial charge in [-0.3, -0.25) is 14.2 Å². The molecule has 146 valence electrons. The van der Waals surface area contributed by atoms with Crippen LogP contribution in [0, 0.1) is 18.3 Å². The Hall–Kier alpha value is -4.00. The average Bonchev–Trinajstić information content (AvgIpc) is 3.36. The van der Waals surface area contributed by atoms with E-state index in [1.54, 1.807) is 28.7 Å². The minimum atomic E-state index is -0.617. The van der Waals surface area contributed by atoms with Crippen molar-refractivity contribution in [1.82, 2.24) is 34.1 Å². The Balaban J connectivity index is 1.89. The number of aryl methyl sites for hydroxylation is 4. The summed E-state index contributed by atoms with van der Waals surface area (Å²) >= 11 is 0. The number of rotatable bonds is 5. The van der Waals surface area contributed by atoms with Crippen molar-refractivity contribution in [1.29, 1.82) is 5.26 Å². The molecule has 0 aliphatic heterocycles. The topological polar surface area (TPSA) is 133 Å². The first-order chi connectivity index (χ1) is 13.9. The molecule has 0 spiro atoms. The third-order valence-corrected chi connectivity index (χ3v) is 4.69. The molecular formula is C19H19N9O. The third kappa shape index (κ3) is 3.12. The SMILES string of the molecule is Cc1cc(-c2cn(C)c(-c3nc(C(N)=O)cc4c3cnn4C)n2)n(CCC#N)n1. The molecule has 4 heterocycles. The number of primary amides is 1. The van der Waals surface area contributed by atoms with Crippen LogP contribution in [0.2, 0.25) is 0 Å². The van der Waals surface area contributed by atoms with Gasteiger partial charge in [-0.15, -0.1) is 0 Å². The van der Waals surface area contributed by atoms with E-state index < -0.39 is 5.91 Å². The van der Waals surface area contributed by atoms with Gasteiger partial charge in [0.1, 0.15) is 17.1 Å². The van der Waals surface area contributed by atoms with Crippen molar-refractivity contribution in [3.63, 3.8) is 0 Å². The fraction of sp³-hybridized carbons (Fsp3) is 0.263. The lowest BCUT2D eigenvalue weighted by atomic mass is 10.2. The number of hydrogen-bond donors (Lipinski definition) is 1. The summed E-state index contributed by atoms with van der Waals surface area (Å²) in [6.07, 6.45) is 3.92. The highest BCUT2D eigenvalue weighted by atomic mass is 16.1. The molecule has 10 nitrogen and oxygen atoms in total. The van der Waals surface area contributed by atoms with Crippen molar-refractivity contribution >= 4 is 16.8 Å². The van der Waals surface area contributed by atoms with Gasteiger partial charge in [-0.05, 0) is 19.1 Å². The summed E-state index contributed by atoms with van der Waals surface area (Å²) in [4.78, 5) is 21.0. The molecule has 10 heteroatoms. The highest BCUT2D eigenvalue weighted by molar-refractivity contribution is 5.99. The molecule has 4 aromatic rings. The van der Waals surface area contributed by atoms with Gasteiger partial charge in [0.2, 0.25) is 0 Å². The van der Waals surface area contributed by atoms with Gasteiger partial charge >= 0.3 is 0 Å². The quantitative estimate of drug-likeness (QED) is 0.550. The Morgan fingerprint density at radius 3 is 2.79 bits per heavy atom. The number of fused-ring (bicyclic) bond motifs is 1. The van der Waals surface area contributed by atoms with E-state index in [4.69, 9.17) is 16.0 Å². The number of imidazole rings is 1.